The van der Waals surface area contributed by atoms with E-state index in [9.17, 15) is 0 Å². The Morgan fingerprint density at radius 2 is 1.83 bits per heavy atom. The van der Waals surface area contributed by atoms with Crippen molar-refractivity contribution in [1.29, 1.82) is 0 Å². The monoisotopic (exact) mass is 534 g/mol. The Kier molecular flexibility index (Phi) is 13.1. The molecule has 0 saturated carbocycles. The highest BCUT2D eigenvalue weighted by molar-refractivity contribution is 14.0. The zero-order valence-electron chi connectivity index (χ0n) is 19.1. The molecule has 2 atom stereocenters. The fourth-order valence-electron chi connectivity index (χ4n) is 3.66. The summed E-state index contributed by atoms with van der Waals surface area (Å²) in [4.78, 5) is 7.20. The van der Waals surface area contributed by atoms with Crippen molar-refractivity contribution in [3.63, 3.8) is 0 Å². The predicted octanol–water partition coefficient (Wildman–Crippen LogP) is 2.92. The van der Waals surface area contributed by atoms with Crippen molar-refractivity contribution in [2.45, 2.75) is 45.8 Å². The molecule has 1 aromatic carbocycles. The molecule has 1 fully saturated rings. The molecule has 0 bridgehead atoms. The van der Waals surface area contributed by atoms with Gasteiger partial charge in [-0.15, -0.1) is 24.0 Å². The summed E-state index contributed by atoms with van der Waals surface area (Å²) in [6.07, 6.45) is 2.57. The standard InChI is InChI=1S/C22H38N4O3.HI/c1-6-23-22(24-11-7-13-26-15-17(2)29-18(3)16-26)25-12-10-19-8-9-20(27-4)21(14-19)28-5;/h8-9,14,17-18H,6-7,10-13,15-16H2,1-5H3,(H2,23,24,25);1H. The summed E-state index contributed by atoms with van der Waals surface area (Å²) in [5, 5.41) is 6.74. The predicted molar refractivity (Wildman–Crippen MR) is 134 cm³/mol. The van der Waals surface area contributed by atoms with Gasteiger partial charge in [0.05, 0.1) is 26.4 Å². The highest BCUT2D eigenvalue weighted by Crippen LogP contribution is 2.27. The molecule has 172 valence electrons. The zero-order valence-corrected chi connectivity index (χ0v) is 21.4. The number of ether oxygens (including phenoxy) is 3. The maximum absolute atomic E-state index is 5.80. The third-order valence-electron chi connectivity index (χ3n) is 4.90. The number of hydrogen-bond donors (Lipinski definition) is 2. The van der Waals surface area contributed by atoms with Crippen molar-refractivity contribution in [3.05, 3.63) is 23.8 Å². The number of methoxy groups -OCH3 is 2. The van der Waals surface area contributed by atoms with Crippen LogP contribution in [0.1, 0.15) is 32.8 Å². The number of rotatable bonds is 10. The average molecular weight is 534 g/mol. The molecular weight excluding hydrogens is 495 g/mol. The van der Waals surface area contributed by atoms with E-state index in [1.165, 1.54) is 5.56 Å². The minimum absolute atomic E-state index is 0. The van der Waals surface area contributed by atoms with Crippen LogP contribution in [0.3, 0.4) is 0 Å². The number of halogens is 1. The van der Waals surface area contributed by atoms with Crippen LogP contribution in [0.5, 0.6) is 11.5 Å². The first-order valence-electron chi connectivity index (χ1n) is 10.7. The maximum atomic E-state index is 5.80. The van der Waals surface area contributed by atoms with E-state index in [0.717, 1.165) is 69.6 Å². The van der Waals surface area contributed by atoms with Gasteiger partial charge in [0.15, 0.2) is 17.5 Å². The van der Waals surface area contributed by atoms with Crippen LogP contribution in [0.4, 0.5) is 0 Å². The zero-order chi connectivity index (χ0) is 21.1. The Morgan fingerprint density at radius 3 is 2.47 bits per heavy atom. The molecule has 1 aromatic rings. The molecule has 2 unspecified atom stereocenters. The van der Waals surface area contributed by atoms with Crippen LogP contribution in [0.15, 0.2) is 23.2 Å². The number of benzene rings is 1. The molecule has 1 aliphatic heterocycles. The molecule has 1 aliphatic rings. The number of aliphatic imine (C=N–C) groups is 1. The van der Waals surface area contributed by atoms with Gasteiger partial charge in [0.25, 0.3) is 0 Å². The van der Waals surface area contributed by atoms with Crippen LogP contribution in [-0.4, -0.2) is 76.6 Å². The molecule has 0 aliphatic carbocycles. The average Bonchev–Trinajstić information content (AvgIpc) is 2.70. The van der Waals surface area contributed by atoms with Crippen molar-refractivity contribution >= 4 is 29.9 Å². The number of nitrogens with zero attached hydrogens (tertiary/aromatic N) is 2. The first-order chi connectivity index (χ1) is 14.0. The van der Waals surface area contributed by atoms with Gasteiger partial charge in [-0.25, -0.2) is 0 Å². The molecule has 2 N–H and O–H groups in total. The summed E-state index contributed by atoms with van der Waals surface area (Å²) in [5.74, 6) is 2.39. The minimum Gasteiger partial charge on any atom is -0.493 e. The van der Waals surface area contributed by atoms with E-state index in [4.69, 9.17) is 19.2 Å². The summed E-state index contributed by atoms with van der Waals surface area (Å²) in [5.41, 5.74) is 1.20. The maximum Gasteiger partial charge on any atom is 0.191 e. The van der Waals surface area contributed by atoms with E-state index in [0.29, 0.717) is 12.2 Å². The lowest BCUT2D eigenvalue weighted by Gasteiger charge is -2.35. The summed E-state index contributed by atoms with van der Waals surface area (Å²) < 4.78 is 16.5. The van der Waals surface area contributed by atoms with E-state index < -0.39 is 0 Å². The van der Waals surface area contributed by atoms with Crippen LogP contribution in [-0.2, 0) is 11.2 Å². The second-order valence-electron chi connectivity index (χ2n) is 7.50. The van der Waals surface area contributed by atoms with Crippen molar-refractivity contribution < 1.29 is 14.2 Å². The Morgan fingerprint density at radius 1 is 1.13 bits per heavy atom. The van der Waals surface area contributed by atoms with Crippen molar-refractivity contribution in [2.24, 2.45) is 4.99 Å². The summed E-state index contributed by atoms with van der Waals surface area (Å²) in [6, 6.07) is 6.03. The minimum atomic E-state index is 0. The first-order valence-corrected chi connectivity index (χ1v) is 10.7. The van der Waals surface area contributed by atoms with Gasteiger partial charge in [-0.2, -0.15) is 0 Å². The number of nitrogens with one attached hydrogen (secondary N) is 2. The molecule has 8 heteroatoms. The Hall–Kier alpha value is -1.26. The lowest BCUT2D eigenvalue weighted by molar-refractivity contribution is -0.0679. The third kappa shape index (κ3) is 9.26. The van der Waals surface area contributed by atoms with Gasteiger partial charge in [0.2, 0.25) is 0 Å². The van der Waals surface area contributed by atoms with Gasteiger partial charge < -0.3 is 24.8 Å². The van der Waals surface area contributed by atoms with E-state index in [2.05, 4.69) is 42.4 Å². The van der Waals surface area contributed by atoms with Crippen LogP contribution >= 0.6 is 24.0 Å². The quantitative estimate of drug-likeness (QED) is 0.208. The summed E-state index contributed by atoms with van der Waals surface area (Å²) in [7, 11) is 3.31. The fourth-order valence-corrected chi connectivity index (χ4v) is 3.66. The lowest BCUT2D eigenvalue weighted by atomic mass is 10.1. The second kappa shape index (κ2) is 14.7. The van der Waals surface area contributed by atoms with Crippen molar-refractivity contribution in [2.75, 3.05) is 53.5 Å². The van der Waals surface area contributed by atoms with Gasteiger partial charge in [0.1, 0.15) is 0 Å². The van der Waals surface area contributed by atoms with Crippen LogP contribution < -0.4 is 20.1 Å². The Bertz CT molecular complexity index is 635. The largest absolute Gasteiger partial charge is 0.493 e. The summed E-state index contributed by atoms with van der Waals surface area (Å²) in [6.45, 7) is 11.9. The fraction of sp³-hybridized carbons (Fsp3) is 0.682. The van der Waals surface area contributed by atoms with Gasteiger partial charge in [-0.3, -0.25) is 9.89 Å². The molecule has 1 heterocycles. The molecule has 1 saturated heterocycles. The van der Waals surface area contributed by atoms with Crippen molar-refractivity contribution in [3.8, 4) is 11.5 Å². The normalized spacial score (nSPS) is 19.7. The molecular formula is C22H39IN4O3. The van der Waals surface area contributed by atoms with E-state index in [1.807, 2.05) is 12.1 Å². The van der Waals surface area contributed by atoms with E-state index in [1.54, 1.807) is 14.2 Å². The Labute approximate surface area is 199 Å². The van der Waals surface area contributed by atoms with E-state index >= 15 is 0 Å². The van der Waals surface area contributed by atoms with Gasteiger partial charge in [-0.05, 0) is 51.3 Å². The summed E-state index contributed by atoms with van der Waals surface area (Å²) >= 11 is 0. The first kappa shape index (κ1) is 26.8. The molecule has 0 radical (unpaired) electrons. The van der Waals surface area contributed by atoms with Crippen molar-refractivity contribution in [1.82, 2.24) is 15.5 Å². The van der Waals surface area contributed by atoms with Crippen LogP contribution in [0, 0.1) is 0 Å². The molecule has 0 aromatic heterocycles. The highest BCUT2D eigenvalue weighted by Gasteiger charge is 2.21. The number of hydrogen-bond acceptors (Lipinski definition) is 5. The number of morpholine rings is 1. The van der Waals surface area contributed by atoms with Gasteiger partial charge in [-0.1, -0.05) is 6.07 Å². The van der Waals surface area contributed by atoms with E-state index in [-0.39, 0.29) is 24.0 Å². The van der Waals surface area contributed by atoms with Crippen LogP contribution in [0.25, 0.3) is 0 Å². The number of guanidine groups is 1. The molecule has 0 spiro atoms. The molecule has 0 amide bonds. The Balaban J connectivity index is 0.00000450. The van der Waals surface area contributed by atoms with Gasteiger partial charge >= 0.3 is 0 Å². The lowest BCUT2D eigenvalue weighted by Crippen LogP contribution is -2.45. The molecule has 30 heavy (non-hydrogen) atoms. The third-order valence-corrected chi connectivity index (χ3v) is 4.90. The topological polar surface area (TPSA) is 67.4 Å². The highest BCUT2D eigenvalue weighted by atomic mass is 127. The smallest absolute Gasteiger partial charge is 0.191 e. The molecule has 7 nitrogen and oxygen atoms in total. The van der Waals surface area contributed by atoms with Gasteiger partial charge in [0, 0.05) is 39.3 Å². The molecule has 2 rings (SSSR count). The second-order valence-corrected chi connectivity index (χ2v) is 7.50. The SMILES string of the molecule is CCNC(=NCCCN1CC(C)OC(C)C1)NCCc1ccc(OC)c(OC)c1.I. The van der Waals surface area contributed by atoms with Crippen LogP contribution in [0.2, 0.25) is 0 Å².